The van der Waals surface area contributed by atoms with E-state index in [1.807, 2.05) is 6.92 Å². The molecule has 2 amide bonds. The molecule has 1 N–H and O–H groups in total. The fourth-order valence-corrected chi connectivity index (χ4v) is 5.51. The van der Waals surface area contributed by atoms with E-state index in [9.17, 15) is 22.4 Å². The molecule has 3 aromatic carbocycles. The highest BCUT2D eigenvalue weighted by atomic mass is 35.5. The molecule has 3 aromatic rings. The summed E-state index contributed by atoms with van der Waals surface area (Å²) in [6.07, 6.45) is 0.296. The third-order valence-corrected chi connectivity index (χ3v) is 8.05. The zero-order valence-electron chi connectivity index (χ0n) is 21.5. The largest absolute Gasteiger partial charge is 0.355 e. The van der Waals surface area contributed by atoms with Crippen molar-refractivity contribution in [2.24, 2.45) is 0 Å². The molecule has 0 spiro atoms. The first-order valence-corrected chi connectivity index (χ1v) is 14.0. The monoisotopic (exact) mass is 559 g/mol. The third-order valence-electron chi connectivity index (χ3n) is 6.01. The van der Waals surface area contributed by atoms with Crippen LogP contribution in [0.1, 0.15) is 31.4 Å². The number of carbonyl (C=O) groups excluding carboxylic acids is 2. The first-order chi connectivity index (χ1) is 18.1. The van der Waals surface area contributed by atoms with Crippen molar-refractivity contribution in [1.82, 2.24) is 10.2 Å². The van der Waals surface area contributed by atoms with Gasteiger partial charge in [-0.25, -0.2) is 12.8 Å². The molecule has 0 saturated carbocycles. The number of halogens is 2. The van der Waals surface area contributed by atoms with Crippen molar-refractivity contribution in [2.45, 2.75) is 44.7 Å². The van der Waals surface area contributed by atoms with Gasteiger partial charge in [-0.2, -0.15) is 0 Å². The van der Waals surface area contributed by atoms with E-state index in [-0.39, 0.29) is 23.0 Å². The molecule has 0 heterocycles. The first kappa shape index (κ1) is 29.1. The molecule has 0 bridgehead atoms. The number of aryl methyl sites for hydroxylation is 1. The number of likely N-dealkylation sites (N-methyl/N-ethyl adjacent to an activating group) is 1. The van der Waals surface area contributed by atoms with Crippen molar-refractivity contribution in [1.29, 1.82) is 0 Å². The number of nitrogens with zero attached hydrogens (tertiary/aromatic N) is 2. The van der Waals surface area contributed by atoms with Crippen molar-refractivity contribution in [3.63, 3.8) is 0 Å². The molecular formula is C28H31ClFN3O4S. The predicted molar refractivity (Wildman–Crippen MR) is 147 cm³/mol. The molecule has 0 fully saturated rings. The summed E-state index contributed by atoms with van der Waals surface area (Å²) in [5, 5.41) is 3.15. The summed E-state index contributed by atoms with van der Waals surface area (Å²) in [6, 6.07) is 17.2. The van der Waals surface area contributed by atoms with Crippen molar-refractivity contribution in [3.05, 3.63) is 94.8 Å². The van der Waals surface area contributed by atoms with Gasteiger partial charge in [0.1, 0.15) is 18.4 Å². The molecule has 0 aliphatic rings. The van der Waals surface area contributed by atoms with Gasteiger partial charge in [-0.3, -0.25) is 13.9 Å². The molecule has 38 heavy (non-hydrogen) atoms. The van der Waals surface area contributed by atoms with Crippen LogP contribution in [0.3, 0.4) is 0 Å². The Hall–Kier alpha value is -3.43. The van der Waals surface area contributed by atoms with Gasteiger partial charge in [0, 0.05) is 18.1 Å². The summed E-state index contributed by atoms with van der Waals surface area (Å²) in [5.41, 5.74) is 1.73. The Morgan fingerprint density at radius 3 is 2.11 bits per heavy atom. The van der Waals surface area contributed by atoms with Crippen LogP contribution in [0.5, 0.6) is 0 Å². The molecule has 0 radical (unpaired) electrons. The SMILES string of the molecule is CCNC(=O)[C@@H](CC)N(Cc1ccc(F)cc1)C(=O)CN(c1ccc(Cl)cc1)S(=O)(=O)c1ccc(C)cc1. The highest BCUT2D eigenvalue weighted by Gasteiger charge is 2.33. The van der Waals surface area contributed by atoms with Crippen LogP contribution in [-0.2, 0) is 26.2 Å². The van der Waals surface area contributed by atoms with Crippen molar-refractivity contribution >= 4 is 39.1 Å². The highest BCUT2D eigenvalue weighted by Crippen LogP contribution is 2.26. The second-order valence-corrected chi connectivity index (χ2v) is 11.1. The minimum absolute atomic E-state index is 0.00616. The molecular weight excluding hydrogens is 529 g/mol. The van der Waals surface area contributed by atoms with Gasteiger partial charge in [-0.05, 0) is 74.4 Å². The lowest BCUT2D eigenvalue weighted by Gasteiger charge is -2.33. The second-order valence-electron chi connectivity index (χ2n) is 8.77. The van der Waals surface area contributed by atoms with Crippen LogP contribution < -0.4 is 9.62 Å². The standard InChI is InChI=1S/C28H31ClFN3O4S/c1-4-26(28(35)31-5-2)32(18-21-8-12-23(30)13-9-21)27(34)19-33(24-14-10-22(29)11-15-24)38(36,37)25-16-6-20(3)7-17-25/h6-17,26H,4-5,18-19H2,1-3H3,(H,31,35)/t26-/m1/s1. The smallest absolute Gasteiger partial charge is 0.264 e. The van der Waals surface area contributed by atoms with Crippen molar-refractivity contribution < 1.29 is 22.4 Å². The molecule has 0 aliphatic heterocycles. The number of benzene rings is 3. The summed E-state index contributed by atoms with van der Waals surface area (Å²) in [5.74, 6) is -1.37. The van der Waals surface area contributed by atoms with E-state index in [1.165, 1.54) is 53.4 Å². The molecule has 1 atom stereocenters. The van der Waals surface area contributed by atoms with Crippen LogP contribution in [0.25, 0.3) is 0 Å². The predicted octanol–water partition coefficient (Wildman–Crippen LogP) is 4.93. The molecule has 7 nitrogen and oxygen atoms in total. The number of hydrogen-bond donors (Lipinski definition) is 1. The average Bonchev–Trinajstić information content (AvgIpc) is 2.89. The molecule has 0 unspecified atom stereocenters. The van der Waals surface area contributed by atoms with E-state index in [0.717, 1.165) is 9.87 Å². The Morgan fingerprint density at radius 1 is 0.947 bits per heavy atom. The highest BCUT2D eigenvalue weighted by molar-refractivity contribution is 7.92. The molecule has 3 rings (SSSR count). The van der Waals surface area contributed by atoms with Crippen LogP contribution in [0.15, 0.2) is 77.7 Å². The van der Waals surface area contributed by atoms with Gasteiger partial charge in [0.2, 0.25) is 11.8 Å². The van der Waals surface area contributed by atoms with E-state index in [4.69, 9.17) is 11.6 Å². The third kappa shape index (κ3) is 7.11. The lowest BCUT2D eigenvalue weighted by molar-refractivity contribution is -0.140. The van der Waals surface area contributed by atoms with E-state index < -0.39 is 34.3 Å². The van der Waals surface area contributed by atoms with E-state index >= 15 is 0 Å². The Labute approximate surface area is 228 Å². The fourth-order valence-electron chi connectivity index (χ4n) is 3.97. The fraction of sp³-hybridized carbons (Fsp3) is 0.286. The number of sulfonamides is 1. The van der Waals surface area contributed by atoms with E-state index in [1.54, 1.807) is 38.1 Å². The lowest BCUT2D eigenvalue weighted by atomic mass is 10.1. The van der Waals surface area contributed by atoms with E-state index in [0.29, 0.717) is 23.6 Å². The minimum Gasteiger partial charge on any atom is -0.355 e. The number of nitrogens with one attached hydrogen (secondary N) is 1. The number of anilines is 1. The molecule has 0 aliphatic carbocycles. The number of rotatable bonds is 11. The first-order valence-electron chi connectivity index (χ1n) is 12.2. The Bertz CT molecular complexity index is 1350. The number of hydrogen-bond acceptors (Lipinski definition) is 4. The Kier molecular flexibility index (Phi) is 9.88. The van der Waals surface area contributed by atoms with Gasteiger partial charge in [0.15, 0.2) is 0 Å². The zero-order chi connectivity index (χ0) is 27.9. The maximum Gasteiger partial charge on any atom is 0.264 e. The van der Waals surface area contributed by atoms with Crippen molar-refractivity contribution in [3.8, 4) is 0 Å². The van der Waals surface area contributed by atoms with Gasteiger partial charge in [-0.1, -0.05) is 48.4 Å². The zero-order valence-corrected chi connectivity index (χ0v) is 23.1. The molecule has 202 valence electrons. The average molecular weight is 560 g/mol. The van der Waals surface area contributed by atoms with Gasteiger partial charge in [-0.15, -0.1) is 0 Å². The van der Waals surface area contributed by atoms with Crippen molar-refractivity contribution in [2.75, 3.05) is 17.4 Å². The minimum atomic E-state index is -4.16. The second kappa shape index (κ2) is 12.9. The van der Waals surface area contributed by atoms with Crippen LogP contribution in [0.4, 0.5) is 10.1 Å². The quantitative estimate of drug-likeness (QED) is 0.361. The molecule has 0 aromatic heterocycles. The summed E-state index contributed by atoms with van der Waals surface area (Å²) in [4.78, 5) is 28.1. The van der Waals surface area contributed by atoms with Gasteiger partial charge in [0.05, 0.1) is 10.6 Å². The van der Waals surface area contributed by atoms with Crippen LogP contribution >= 0.6 is 11.6 Å². The van der Waals surface area contributed by atoms with Crippen LogP contribution in [0.2, 0.25) is 5.02 Å². The summed E-state index contributed by atoms with van der Waals surface area (Å²) >= 11 is 6.03. The van der Waals surface area contributed by atoms with Crippen LogP contribution in [0, 0.1) is 12.7 Å². The number of amides is 2. The van der Waals surface area contributed by atoms with E-state index in [2.05, 4.69) is 5.32 Å². The Balaban J connectivity index is 2.04. The van der Waals surface area contributed by atoms with Gasteiger partial charge < -0.3 is 10.2 Å². The summed E-state index contributed by atoms with van der Waals surface area (Å²) in [6.45, 7) is 5.18. The maximum atomic E-state index is 13.8. The van der Waals surface area contributed by atoms with Gasteiger partial charge >= 0.3 is 0 Å². The number of carbonyl (C=O) groups is 2. The summed E-state index contributed by atoms with van der Waals surface area (Å²) < 4.78 is 42.0. The maximum absolute atomic E-state index is 13.8. The molecule has 0 saturated heterocycles. The normalized spacial score (nSPS) is 12.0. The molecule has 10 heteroatoms. The lowest BCUT2D eigenvalue weighted by Crippen LogP contribution is -2.52. The summed E-state index contributed by atoms with van der Waals surface area (Å²) in [7, 11) is -4.16. The Morgan fingerprint density at radius 2 is 1.55 bits per heavy atom. The topological polar surface area (TPSA) is 86.8 Å². The van der Waals surface area contributed by atoms with Gasteiger partial charge in [0.25, 0.3) is 10.0 Å². The van der Waals surface area contributed by atoms with Crippen LogP contribution in [-0.4, -0.2) is 44.3 Å².